The highest BCUT2D eigenvalue weighted by Crippen LogP contribution is 2.35. The summed E-state index contributed by atoms with van der Waals surface area (Å²) in [6, 6.07) is 14.2. The monoisotopic (exact) mass is 638 g/mol. The van der Waals surface area contributed by atoms with Crippen LogP contribution in [0.5, 0.6) is 11.5 Å². The van der Waals surface area contributed by atoms with E-state index in [0.29, 0.717) is 10.4 Å². The summed E-state index contributed by atoms with van der Waals surface area (Å²) >= 11 is 1.31. The third-order valence-electron chi connectivity index (χ3n) is 5.05. The van der Waals surface area contributed by atoms with Gasteiger partial charge in [-0.3, -0.25) is 9.44 Å². The van der Waals surface area contributed by atoms with E-state index in [1.165, 1.54) is 29.5 Å². The zero-order valence-electron chi connectivity index (χ0n) is 20.0. The highest BCUT2D eigenvalue weighted by atomic mass is 32.2. The zero-order valence-corrected chi connectivity index (χ0v) is 22.5. The zero-order chi connectivity index (χ0) is 30.1. The highest BCUT2D eigenvalue weighted by molar-refractivity contribution is 7.93. The van der Waals surface area contributed by atoms with Gasteiger partial charge < -0.3 is 9.47 Å². The number of anilines is 2. The highest BCUT2D eigenvalue weighted by Gasteiger charge is 2.32. The van der Waals surface area contributed by atoms with Crippen molar-refractivity contribution in [1.29, 1.82) is 0 Å². The Hall–Kier alpha value is -3.96. The molecule has 0 saturated heterocycles. The maximum Gasteiger partial charge on any atom is 0.573 e. The Bertz CT molecular complexity index is 1720. The fraction of sp³-hybridized carbons (Fsp3) is 0.0833. The fourth-order valence-corrected chi connectivity index (χ4v) is 6.24. The lowest BCUT2D eigenvalue weighted by molar-refractivity contribution is -0.275. The molecule has 4 aromatic rings. The first-order valence-electron chi connectivity index (χ1n) is 11.0. The molecule has 0 aliphatic heterocycles. The van der Waals surface area contributed by atoms with Gasteiger partial charge in [-0.2, -0.15) is 0 Å². The first-order chi connectivity index (χ1) is 19.0. The molecule has 8 nitrogen and oxygen atoms in total. The molecule has 0 saturated carbocycles. The summed E-state index contributed by atoms with van der Waals surface area (Å²) in [6.07, 6.45) is -9.97. The molecular weight excluding hydrogens is 622 g/mol. The molecular formula is C24H16F6N2O6S3. The minimum atomic E-state index is -4.99. The van der Waals surface area contributed by atoms with Crippen molar-refractivity contribution >= 4 is 42.8 Å². The van der Waals surface area contributed by atoms with Crippen LogP contribution >= 0.6 is 11.3 Å². The van der Waals surface area contributed by atoms with Crippen LogP contribution in [0.3, 0.4) is 0 Å². The van der Waals surface area contributed by atoms with Crippen molar-refractivity contribution in [2.45, 2.75) is 22.5 Å². The molecule has 41 heavy (non-hydrogen) atoms. The van der Waals surface area contributed by atoms with Crippen LogP contribution in [-0.4, -0.2) is 29.6 Å². The van der Waals surface area contributed by atoms with Gasteiger partial charge in [-0.05, 0) is 77.7 Å². The van der Waals surface area contributed by atoms with Crippen LogP contribution in [0.2, 0.25) is 0 Å². The van der Waals surface area contributed by atoms with E-state index in [-0.39, 0.29) is 11.4 Å². The number of thiophene rings is 1. The third kappa shape index (κ3) is 8.05. The number of rotatable bonds is 9. The number of hydrogen-bond acceptors (Lipinski definition) is 7. The van der Waals surface area contributed by atoms with Crippen LogP contribution in [-0.2, 0) is 20.0 Å². The van der Waals surface area contributed by atoms with Crippen LogP contribution in [0.25, 0.3) is 10.4 Å². The average Bonchev–Trinajstić information content (AvgIpc) is 3.39. The van der Waals surface area contributed by atoms with Crippen molar-refractivity contribution in [3.8, 4) is 21.9 Å². The van der Waals surface area contributed by atoms with Gasteiger partial charge in [0.25, 0.3) is 20.0 Å². The molecule has 0 unspecified atom stereocenters. The predicted molar refractivity (Wildman–Crippen MR) is 138 cm³/mol. The van der Waals surface area contributed by atoms with Crippen molar-refractivity contribution < 1.29 is 52.7 Å². The van der Waals surface area contributed by atoms with Gasteiger partial charge in [-0.15, -0.1) is 37.7 Å². The van der Waals surface area contributed by atoms with E-state index in [2.05, 4.69) is 18.9 Å². The van der Waals surface area contributed by atoms with E-state index in [9.17, 15) is 43.2 Å². The number of sulfonamides is 2. The molecule has 1 aromatic heterocycles. The van der Waals surface area contributed by atoms with Crippen LogP contribution in [0, 0.1) is 0 Å². The number of alkyl halides is 6. The van der Waals surface area contributed by atoms with E-state index in [0.717, 1.165) is 48.5 Å². The minimum absolute atomic E-state index is 0.243. The topological polar surface area (TPSA) is 111 Å². The van der Waals surface area contributed by atoms with E-state index in [1.807, 2.05) is 0 Å². The van der Waals surface area contributed by atoms with Crippen LogP contribution in [0.1, 0.15) is 0 Å². The lowest BCUT2D eigenvalue weighted by atomic mass is 10.1. The summed E-state index contributed by atoms with van der Waals surface area (Å²) in [5, 5.41) is 1.76. The van der Waals surface area contributed by atoms with Crippen LogP contribution in [0.4, 0.5) is 37.7 Å². The SMILES string of the molecule is O=S(=O)(Nc1ccc(-c2cccs2)cc1NS(=O)(=O)c1ccc(OC(F)(F)F)cc1)c1ccc(OC(F)(F)F)cc1. The summed E-state index contributed by atoms with van der Waals surface area (Å²) in [5.41, 5.74) is 0.0110. The molecule has 2 N–H and O–H groups in total. The molecule has 1 heterocycles. The minimum Gasteiger partial charge on any atom is -0.406 e. The third-order valence-corrected chi connectivity index (χ3v) is 8.73. The smallest absolute Gasteiger partial charge is 0.406 e. The van der Waals surface area contributed by atoms with Crippen molar-refractivity contribution in [3.05, 3.63) is 84.2 Å². The second kappa shape index (κ2) is 11.1. The summed E-state index contributed by atoms with van der Waals surface area (Å²) in [4.78, 5) is -0.209. The molecule has 4 rings (SSSR count). The molecule has 0 atom stereocenters. The molecule has 0 radical (unpaired) electrons. The molecule has 3 aromatic carbocycles. The van der Waals surface area contributed by atoms with Crippen molar-refractivity contribution in [1.82, 2.24) is 0 Å². The summed E-state index contributed by atoms with van der Waals surface area (Å²) < 4.78 is 139. The Labute approximate surface area is 233 Å². The van der Waals surface area contributed by atoms with Gasteiger partial charge in [0.15, 0.2) is 0 Å². The van der Waals surface area contributed by atoms with E-state index < -0.39 is 54.1 Å². The molecule has 0 aliphatic carbocycles. The Morgan fingerprint density at radius 2 is 1.07 bits per heavy atom. The largest absolute Gasteiger partial charge is 0.573 e. The van der Waals surface area contributed by atoms with Crippen LogP contribution < -0.4 is 18.9 Å². The maximum atomic E-state index is 13.1. The molecule has 0 spiro atoms. The van der Waals surface area contributed by atoms with Crippen molar-refractivity contribution in [3.63, 3.8) is 0 Å². The molecule has 218 valence electrons. The van der Waals surface area contributed by atoms with Crippen molar-refractivity contribution in [2.75, 3.05) is 9.44 Å². The fourth-order valence-electron chi connectivity index (χ4n) is 3.36. The number of hydrogen-bond donors (Lipinski definition) is 2. The first-order valence-corrected chi connectivity index (χ1v) is 14.8. The number of halogens is 6. The molecule has 0 amide bonds. The van der Waals surface area contributed by atoms with Gasteiger partial charge in [-0.25, -0.2) is 16.8 Å². The second-order valence-corrected chi connectivity index (χ2v) is 12.3. The van der Waals surface area contributed by atoms with Gasteiger partial charge in [0.1, 0.15) is 11.5 Å². The van der Waals surface area contributed by atoms with Gasteiger partial charge in [0.2, 0.25) is 0 Å². The van der Waals surface area contributed by atoms with E-state index in [4.69, 9.17) is 0 Å². The molecule has 0 aliphatic rings. The Kier molecular flexibility index (Phi) is 8.15. The van der Waals surface area contributed by atoms with Gasteiger partial charge >= 0.3 is 12.7 Å². The van der Waals surface area contributed by atoms with Crippen LogP contribution in [0.15, 0.2) is 94.0 Å². The summed E-state index contributed by atoms with van der Waals surface area (Å²) in [6.45, 7) is 0. The normalized spacial score (nSPS) is 12.5. The number of benzene rings is 3. The van der Waals surface area contributed by atoms with Gasteiger partial charge in [0.05, 0.1) is 21.2 Å². The van der Waals surface area contributed by atoms with E-state index >= 15 is 0 Å². The molecule has 0 bridgehead atoms. The molecule has 17 heteroatoms. The van der Waals surface area contributed by atoms with E-state index in [1.54, 1.807) is 17.5 Å². The van der Waals surface area contributed by atoms with Gasteiger partial charge in [-0.1, -0.05) is 12.1 Å². The molecule has 0 fully saturated rings. The Morgan fingerprint density at radius 3 is 1.49 bits per heavy atom. The van der Waals surface area contributed by atoms with Crippen molar-refractivity contribution in [2.24, 2.45) is 0 Å². The lowest BCUT2D eigenvalue weighted by Gasteiger charge is -2.16. The average molecular weight is 639 g/mol. The Balaban J connectivity index is 1.66. The number of nitrogens with one attached hydrogen (secondary N) is 2. The Morgan fingerprint density at radius 1 is 0.610 bits per heavy atom. The lowest BCUT2D eigenvalue weighted by Crippen LogP contribution is -2.19. The first kappa shape index (κ1) is 30.0. The van der Waals surface area contributed by atoms with Gasteiger partial charge in [0, 0.05) is 4.88 Å². The maximum absolute atomic E-state index is 13.1. The number of ether oxygens (including phenoxy) is 2. The quantitative estimate of drug-likeness (QED) is 0.195. The standard InChI is InChI=1S/C24H16F6N2O6S3/c25-23(26,27)37-16-4-8-18(9-5-16)40(33,34)31-20-12-3-15(22-2-1-13-39-22)14-21(20)32-41(35,36)19-10-6-17(7-11-19)38-24(28,29)30/h1-14,31-32H. The summed E-state index contributed by atoms with van der Waals surface area (Å²) in [5.74, 6) is -1.31. The second-order valence-electron chi connectivity index (χ2n) is 7.99. The predicted octanol–water partition coefficient (Wildman–Crippen LogP) is 6.81. The summed E-state index contributed by atoms with van der Waals surface area (Å²) in [7, 11) is -8.91.